The van der Waals surface area contributed by atoms with E-state index < -0.39 is 15.4 Å². The first kappa shape index (κ1) is 19.9. The van der Waals surface area contributed by atoms with Gasteiger partial charge in [-0.3, -0.25) is 0 Å². The van der Waals surface area contributed by atoms with Gasteiger partial charge >= 0.3 is 0 Å². The van der Waals surface area contributed by atoms with Gasteiger partial charge in [-0.05, 0) is 49.4 Å². The van der Waals surface area contributed by atoms with Crippen molar-refractivity contribution >= 4 is 9.84 Å². The summed E-state index contributed by atoms with van der Waals surface area (Å²) >= 11 is 0. The molecule has 2 aromatic rings. The second-order valence-electron chi connectivity index (χ2n) is 8.15. The maximum atomic E-state index is 12.9. The summed E-state index contributed by atoms with van der Waals surface area (Å²) in [6.45, 7) is 8.29. The fourth-order valence-electron chi connectivity index (χ4n) is 3.54. The molecule has 0 saturated heterocycles. The van der Waals surface area contributed by atoms with E-state index in [1.165, 1.54) is 0 Å². The van der Waals surface area contributed by atoms with Crippen molar-refractivity contribution in [3.05, 3.63) is 54.1 Å². The average molecular weight is 389 g/mol. The third-order valence-electron chi connectivity index (χ3n) is 5.59. The van der Waals surface area contributed by atoms with Crippen LogP contribution in [0.4, 0.5) is 0 Å². The molecule has 0 aliphatic carbocycles. The Bertz CT molecular complexity index is 901. The summed E-state index contributed by atoms with van der Waals surface area (Å²) < 4.78 is 32.0. The van der Waals surface area contributed by atoms with Gasteiger partial charge in [0.2, 0.25) is 9.84 Å². The molecule has 27 heavy (non-hydrogen) atoms. The zero-order valence-electron chi connectivity index (χ0n) is 16.3. The Morgan fingerprint density at radius 2 is 1.78 bits per heavy atom. The predicted octanol–water partition coefficient (Wildman–Crippen LogP) is 4.56. The van der Waals surface area contributed by atoms with E-state index in [0.29, 0.717) is 29.6 Å². The summed E-state index contributed by atoms with van der Waals surface area (Å²) in [7, 11) is -3.63. The van der Waals surface area contributed by atoms with Gasteiger partial charge in [-0.15, -0.1) is 0 Å². The number of aliphatic hydroxyl groups is 1. The molecule has 5 heteroatoms. The van der Waals surface area contributed by atoms with Gasteiger partial charge in [0.05, 0.1) is 15.4 Å². The van der Waals surface area contributed by atoms with E-state index in [4.69, 9.17) is 4.74 Å². The Balaban J connectivity index is 1.96. The SMILES string of the molecule is CC(C)C(C)CC1CC(C)(O)c2ccc(S(=O)(=O)c3ccccc3)cc2O1. The molecule has 1 heterocycles. The first-order valence-corrected chi connectivity index (χ1v) is 10.9. The Hall–Kier alpha value is -1.85. The minimum Gasteiger partial charge on any atom is -0.490 e. The standard InChI is InChI=1S/C22H28O4S/c1-15(2)16(3)12-17-14-22(4,23)20-11-10-19(13-21(20)26-17)27(24,25)18-8-6-5-7-9-18/h5-11,13,15-17,23H,12,14H2,1-4H3. The van der Waals surface area contributed by atoms with Crippen LogP contribution in [0, 0.1) is 11.8 Å². The van der Waals surface area contributed by atoms with Crippen molar-refractivity contribution in [3.8, 4) is 5.75 Å². The Morgan fingerprint density at radius 3 is 2.41 bits per heavy atom. The van der Waals surface area contributed by atoms with E-state index in [1.54, 1.807) is 55.5 Å². The number of hydrogen-bond acceptors (Lipinski definition) is 4. The zero-order valence-corrected chi connectivity index (χ0v) is 17.2. The molecule has 1 N–H and O–H groups in total. The molecule has 4 nitrogen and oxygen atoms in total. The van der Waals surface area contributed by atoms with Crippen LogP contribution in [0.15, 0.2) is 58.3 Å². The lowest BCUT2D eigenvalue weighted by Gasteiger charge is -2.38. The van der Waals surface area contributed by atoms with Crippen LogP contribution in [0.3, 0.4) is 0 Å². The number of fused-ring (bicyclic) bond motifs is 1. The number of ether oxygens (including phenoxy) is 1. The lowest BCUT2D eigenvalue weighted by molar-refractivity contribution is -0.0234. The van der Waals surface area contributed by atoms with Crippen molar-refractivity contribution in [2.24, 2.45) is 11.8 Å². The topological polar surface area (TPSA) is 63.6 Å². The van der Waals surface area contributed by atoms with Crippen LogP contribution < -0.4 is 4.74 Å². The van der Waals surface area contributed by atoms with Crippen molar-refractivity contribution in [2.75, 3.05) is 0 Å². The molecule has 2 aromatic carbocycles. The molecular weight excluding hydrogens is 360 g/mol. The molecule has 0 aromatic heterocycles. The van der Waals surface area contributed by atoms with E-state index in [9.17, 15) is 13.5 Å². The molecule has 0 spiro atoms. The normalized spacial score (nSPS) is 23.6. The van der Waals surface area contributed by atoms with Gasteiger partial charge in [-0.25, -0.2) is 8.42 Å². The van der Waals surface area contributed by atoms with Crippen molar-refractivity contribution in [2.45, 2.75) is 62.0 Å². The maximum absolute atomic E-state index is 12.9. The van der Waals surface area contributed by atoms with Gasteiger partial charge in [-0.1, -0.05) is 45.0 Å². The zero-order chi connectivity index (χ0) is 19.8. The summed E-state index contributed by atoms with van der Waals surface area (Å²) in [4.78, 5) is 0.429. The molecule has 0 bridgehead atoms. The van der Waals surface area contributed by atoms with Crippen LogP contribution in [0.1, 0.15) is 46.1 Å². The van der Waals surface area contributed by atoms with Crippen molar-refractivity contribution in [1.82, 2.24) is 0 Å². The Labute approximate surface area is 162 Å². The van der Waals surface area contributed by atoms with Crippen LogP contribution in [0.25, 0.3) is 0 Å². The Morgan fingerprint density at radius 1 is 1.11 bits per heavy atom. The summed E-state index contributed by atoms with van der Waals surface area (Å²) in [6.07, 6.45) is 1.18. The quantitative estimate of drug-likeness (QED) is 0.815. The minimum absolute atomic E-state index is 0.139. The van der Waals surface area contributed by atoms with Crippen molar-refractivity contribution in [3.63, 3.8) is 0 Å². The first-order valence-electron chi connectivity index (χ1n) is 9.45. The lowest BCUT2D eigenvalue weighted by atomic mass is 9.82. The maximum Gasteiger partial charge on any atom is 0.206 e. The predicted molar refractivity (Wildman–Crippen MR) is 106 cm³/mol. The smallest absolute Gasteiger partial charge is 0.206 e. The van der Waals surface area contributed by atoms with Gasteiger partial charge in [0.25, 0.3) is 0 Å². The molecule has 3 unspecified atom stereocenters. The molecule has 0 amide bonds. The van der Waals surface area contributed by atoms with Crippen LogP contribution in [0.2, 0.25) is 0 Å². The van der Waals surface area contributed by atoms with Crippen molar-refractivity contribution < 1.29 is 18.3 Å². The van der Waals surface area contributed by atoms with E-state index in [-0.39, 0.29) is 15.9 Å². The fourth-order valence-corrected chi connectivity index (χ4v) is 4.84. The third kappa shape index (κ3) is 4.04. The van der Waals surface area contributed by atoms with Gasteiger partial charge in [0, 0.05) is 12.0 Å². The molecule has 3 atom stereocenters. The number of benzene rings is 2. The molecular formula is C22H28O4S. The highest BCUT2D eigenvalue weighted by Gasteiger charge is 2.37. The second-order valence-corrected chi connectivity index (χ2v) is 10.1. The second kappa shape index (κ2) is 7.28. The molecule has 1 aliphatic heterocycles. The van der Waals surface area contributed by atoms with Crippen LogP contribution in [-0.2, 0) is 15.4 Å². The third-order valence-corrected chi connectivity index (χ3v) is 7.36. The number of sulfone groups is 1. The largest absolute Gasteiger partial charge is 0.490 e. The highest BCUT2D eigenvalue weighted by Crippen LogP contribution is 2.42. The first-order chi connectivity index (χ1) is 12.6. The van der Waals surface area contributed by atoms with Gasteiger partial charge < -0.3 is 9.84 Å². The summed E-state index contributed by atoms with van der Waals surface area (Å²) in [6, 6.07) is 13.1. The van der Waals surface area contributed by atoms with Crippen molar-refractivity contribution in [1.29, 1.82) is 0 Å². The van der Waals surface area contributed by atoms with Crippen LogP contribution in [-0.4, -0.2) is 19.6 Å². The van der Waals surface area contributed by atoms with E-state index in [2.05, 4.69) is 20.8 Å². The molecule has 146 valence electrons. The van der Waals surface area contributed by atoms with Gasteiger partial charge in [0.1, 0.15) is 11.9 Å². The number of rotatable bonds is 5. The number of hydrogen-bond donors (Lipinski definition) is 1. The monoisotopic (exact) mass is 388 g/mol. The van der Waals surface area contributed by atoms with E-state index >= 15 is 0 Å². The summed E-state index contributed by atoms with van der Waals surface area (Å²) in [5.41, 5.74) is -0.396. The fraction of sp³-hybridized carbons (Fsp3) is 0.455. The molecule has 0 radical (unpaired) electrons. The van der Waals surface area contributed by atoms with E-state index in [1.807, 2.05) is 0 Å². The highest BCUT2D eigenvalue weighted by molar-refractivity contribution is 7.91. The molecule has 0 saturated carbocycles. The molecule has 1 aliphatic rings. The van der Waals surface area contributed by atoms with Gasteiger partial charge in [-0.2, -0.15) is 0 Å². The van der Waals surface area contributed by atoms with Crippen LogP contribution in [0.5, 0.6) is 5.75 Å². The minimum atomic E-state index is -3.63. The molecule has 3 rings (SSSR count). The highest BCUT2D eigenvalue weighted by atomic mass is 32.2. The summed E-state index contributed by atoms with van der Waals surface area (Å²) in [5.74, 6) is 1.43. The Kier molecular flexibility index (Phi) is 5.37. The molecule has 0 fully saturated rings. The average Bonchev–Trinajstić information content (AvgIpc) is 2.61. The summed E-state index contributed by atoms with van der Waals surface area (Å²) in [5, 5.41) is 10.9. The van der Waals surface area contributed by atoms with Gasteiger partial charge in [0.15, 0.2) is 0 Å². The lowest BCUT2D eigenvalue weighted by Crippen LogP contribution is -2.37. The van der Waals surface area contributed by atoms with E-state index in [0.717, 1.165) is 6.42 Å². The van der Waals surface area contributed by atoms with Crippen LogP contribution >= 0.6 is 0 Å².